The lowest BCUT2D eigenvalue weighted by atomic mass is 10.1. The van der Waals surface area contributed by atoms with Crippen LogP contribution in [-0.2, 0) is 16.0 Å². The molecule has 1 amide bonds. The average Bonchev–Trinajstić information content (AvgIpc) is 2.79. The number of hydrogen-bond donors (Lipinski definition) is 1. The van der Waals surface area contributed by atoms with Gasteiger partial charge < -0.3 is 24.6 Å². The number of piperazine rings is 1. The highest BCUT2D eigenvalue weighted by atomic mass is 127. The van der Waals surface area contributed by atoms with Gasteiger partial charge in [-0.25, -0.2) is 0 Å². The third-order valence-corrected chi connectivity index (χ3v) is 5.90. The monoisotopic (exact) mass is 565 g/mol. The van der Waals surface area contributed by atoms with Crippen molar-refractivity contribution in [3.05, 3.63) is 28.8 Å². The Balaban J connectivity index is 0.00000341. The Labute approximate surface area is 206 Å². The molecule has 2 fully saturated rings. The van der Waals surface area contributed by atoms with Gasteiger partial charge in [-0.3, -0.25) is 14.7 Å². The van der Waals surface area contributed by atoms with E-state index in [1.54, 1.807) is 14.2 Å². The van der Waals surface area contributed by atoms with Crippen LogP contribution in [0.1, 0.15) is 5.56 Å². The number of nitrogens with zero attached hydrogens (tertiary/aromatic N) is 4. The van der Waals surface area contributed by atoms with Crippen LogP contribution < -0.4 is 10.1 Å². The molecule has 0 unspecified atom stereocenters. The number of methoxy groups -OCH3 is 1. The van der Waals surface area contributed by atoms with Crippen LogP contribution >= 0.6 is 35.6 Å². The Morgan fingerprint density at radius 2 is 1.87 bits per heavy atom. The molecule has 0 aromatic heterocycles. The van der Waals surface area contributed by atoms with Crippen molar-refractivity contribution < 1.29 is 14.3 Å². The summed E-state index contributed by atoms with van der Waals surface area (Å²) in [5, 5.41) is 4.14. The maximum absolute atomic E-state index is 12.4. The van der Waals surface area contributed by atoms with Crippen LogP contribution in [0.25, 0.3) is 0 Å². The molecule has 2 saturated heterocycles. The number of hydrogen-bond acceptors (Lipinski definition) is 5. The van der Waals surface area contributed by atoms with Crippen molar-refractivity contribution >= 4 is 47.4 Å². The van der Waals surface area contributed by atoms with Gasteiger partial charge in [0.2, 0.25) is 5.91 Å². The van der Waals surface area contributed by atoms with E-state index in [1.807, 2.05) is 23.1 Å². The molecule has 2 heterocycles. The molecule has 10 heteroatoms. The highest BCUT2D eigenvalue weighted by Crippen LogP contribution is 2.22. The first kappa shape index (κ1) is 26.0. The highest BCUT2D eigenvalue weighted by molar-refractivity contribution is 14.0. The van der Waals surface area contributed by atoms with E-state index in [0.29, 0.717) is 37.9 Å². The summed E-state index contributed by atoms with van der Waals surface area (Å²) in [6.07, 6.45) is 0.801. The number of carbonyl (C=O) groups is 1. The summed E-state index contributed by atoms with van der Waals surface area (Å²) in [7, 11) is 3.44. The molecule has 0 bridgehead atoms. The molecule has 0 saturated carbocycles. The molecule has 1 aromatic rings. The predicted octanol–water partition coefficient (Wildman–Crippen LogP) is 1.56. The lowest BCUT2D eigenvalue weighted by Crippen LogP contribution is -2.55. The minimum atomic E-state index is 0. The van der Waals surface area contributed by atoms with E-state index in [-0.39, 0.29) is 29.9 Å². The third-order valence-electron chi connectivity index (χ3n) is 5.54. The molecular weight excluding hydrogens is 533 g/mol. The average molecular weight is 566 g/mol. The van der Waals surface area contributed by atoms with Gasteiger partial charge in [-0.2, -0.15) is 0 Å². The fourth-order valence-corrected chi connectivity index (χ4v) is 3.99. The number of nitrogens with one attached hydrogen (secondary N) is 1. The van der Waals surface area contributed by atoms with Crippen molar-refractivity contribution in [2.75, 3.05) is 79.7 Å². The van der Waals surface area contributed by atoms with E-state index in [9.17, 15) is 4.79 Å². The van der Waals surface area contributed by atoms with Crippen molar-refractivity contribution in [1.29, 1.82) is 0 Å². The molecule has 1 N–H and O–H groups in total. The number of halogens is 2. The summed E-state index contributed by atoms with van der Waals surface area (Å²) in [5.74, 6) is 1.85. The quantitative estimate of drug-likeness (QED) is 0.321. The van der Waals surface area contributed by atoms with E-state index >= 15 is 0 Å². The van der Waals surface area contributed by atoms with Crippen LogP contribution in [0.4, 0.5) is 0 Å². The minimum absolute atomic E-state index is 0. The van der Waals surface area contributed by atoms with E-state index < -0.39 is 0 Å². The van der Waals surface area contributed by atoms with Crippen LogP contribution in [0.5, 0.6) is 5.75 Å². The van der Waals surface area contributed by atoms with Crippen molar-refractivity contribution in [1.82, 2.24) is 20.0 Å². The first-order valence-electron chi connectivity index (χ1n) is 10.5. The lowest BCUT2D eigenvalue weighted by molar-refractivity contribution is -0.136. The summed E-state index contributed by atoms with van der Waals surface area (Å²) < 4.78 is 10.5. The van der Waals surface area contributed by atoms with Crippen molar-refractivity contribution in [2.24, 2.45) is 4.99 Å². The van der Waals surface area contributed by atoms with Crippen LogP contribution in [0.15, 0.2) is 23.2 Å². The first-order valence-corrected chi connectivity index (χ1v) is 10.8. The van der Waals surface area contributed by atoms with E-state index in [0.717, 1.165) is 56.4 Å². The summed E-state index contributed by atoms with van der Waals surface area (Å²) in [6, 6.07) is 5.76. The normalized spacial score (nSPS) is 17.8. The number of carbonyl (C=O) groups excluding carboxylic acids is 1. The standard InChI is InChI=1S/C21H32ClN5O3.HI/c1-23-21(24-6-5-17-3-4-18(29-2)15-19(17)22)27-9-7-25(8-10-27)16-20(28)26-11-13-30-14-12-26;/h3-4,15H,5-14,16H2,1-2H3,(H,23,24);1H. The number of morpholine rings is 1. The van der Waals surface area contributed by atoms with Gasteiger partial charge >= 0.3 is 0 Å². The molecule has 1 aromatic carbocycles. The topological polar surface area (TPSA) is 69.6 Å². The smallest absolute Gasteiger partial charge is 0.236 e. The molecule has 31 heavy (non-hydrogen) atoms. The van der Waals surface area contributed by atoms with Crippen LogP contribution in [0, 0.1) is 0 Å². The zero-order chi connectivity index (χ0) is 21.3. The lowest BCUT2D eigenvalue weighted by Gasteiger charge is -2.37. The number of amides is 1. The summed E-state index contributed by atoms with van der Waals surface area (Å²) in [4.78, 5) is 23.2. The largest absolute Gasteiger partial charge is 0.497 e. The van der Waals surface area contributed by atoms with Crippen molar-refractivity contribution in [2.45, 2.75) is 6.42 Å². The molecule has 0 radical (unpaired) electrons. The zero-order valence-electron chi connectivity index (χ0n) is 18.3. The Kier molecular flexibility index (Phi) is 11.1. The van der Waals surface area contributed by atoms with Crippen molar-refractivity contribution in [3.8, 4) is 5.75 Å². The van der Waals surface area contributed by atoms with Crippen LogP contribution in [0.3, 0.4) is 0 Å². The van der Waals surface area contributed by atoms with Crippen LogP contribution in [-0.4, -0.2) is 106 Å². The van der Waals surface area contributed by atoms with Gasteiger partial charge in [-0.15, -0.1) is 24.0 Å². The Morgan fingerprint density at radius 3 is 2.48 bits per heavy atom. The SMILES string of the molecule is CN=C(NCCc1ccc(OC)cc1Cl)N1CCN(CC(=O)N2CCOCC2)CC1.I. The third kappa shape index (κ3) is 7.65. The van der Waals surface area contributed by atoms with E-state index in [2.05, 4.69) is 20.1 Å². The van der Waals surface area contributed by atoms with Crippen LogP contribution in [0.2, 0.25) is 5.02 Å². The van der Waals surface area contributed by atoms with Gasteiger partial charge in [0.1, 0.15) is 5.75 Å². The Morgan fingerprint density at radius 1 is 1.16 bits per heavy atom. The molecule has 0 spiro atoms. The Bertz CT molecular complexity index is 738. The maximum atomic E-state index is 12.4. The summed E-state index contributed by atoms with van der Waals surface area (Å²) >= 11 is 6.33. The van der Waals surface area contributed by atoms with E-state index in [4.69, 9.17) is 21.1 Å². The second kappa shape index (κ2) is 13.3. The minimum Gasteiger partial charge on any atom is -0.497 e. The molecule has 2 aliphatic heterocycles. The number of ether oxygens (including phenoxy) is 2. The number of guanidine groups is 1. The number of aliphatic imine (C=N–C) groups is 1. The van der Waals surface area contributed by atoms with Gasteiger partial charge in [0.05, 0.1) is 26.9 Å². The predicted molar refractivity (Wildman–Crippen MR) is 134 cm³/mol. The van der Waals surface area contributed by atoms with Gasteiger partial charge in [-0.05, 0) is 24.1 Å². The van der Waals surface area contributed by atoms with Gasteiger partial charge in [-0.1, -0.05) is 17.7 Å². The second-order valence-electron chi connectivity index (χ2n) is 7.44. The fraction of sp³-hybridized carbons (Fsp3) is 0.619. The fourth-order valence-electron chi connectivity index (χ4n) is 3.72. The molecule has 0 atom stereocenters. The van der Waals surface area contributed by atoms with Gasteiger partial charge in [0, 0.05) is 57.9 Å². The molecule has 174 valence electrons. The zero-order valence-corrected chi connectivity index (χ0v) is 21.4. The second-order valence-corrected chi connectivity index (χ2v) is 7.84. The number of benzene rings is 1. The van der Waals surface area contributed by atoms with E-state index in [1.165, 1.54) is 0 Å². The molecule has 0 aliphatic carbocycles. The molecule has 3 rings (SSSR count). The van der Waals surface area contributed by atoms with Gasteiger partial charge in [0.15, 0.2) is 5.96 Å². The summed E-state index contributed by atoms with van der Waals surface area (Å²) in [6.45, 7) is 7.30. The maximum Gasteiger partial charge on any atom is 0.236 e. The van der Waals surface area contributed by atoms with Crippen molar-refractivity contribution in [3.63, 3.8) is 0 Å². The highest BCUT2D eigenvalue weighted by Gasteiger charge is 2.24. The number of rotatable bonds is 6. The molecule has 2 aliphatic rings. The Hall–Kier alpha value is -1.30. The molecule has 8 nitrogen and oxygen atoms in total. The molecular formula is C21H33ClIN5O3. The van der Waals surface area contributed by atoms with Gasteiger partial charge in [0.25, 0.3) is 0 Å². The summed E-state index contributed by atoms with van der Waals surface area (Å²) in [5.41, 5.74) is 1.08. The first-order chi connectivity index (χ1) is 14.6.